The highest BCUT2D eigenvalue weighted by Gasteiger charge is 2.24. The molecule has 0 amide bonds. The fourth-order valence-electron chi connectivity index (χ4n) is 2.12. The van der Waals surface area contributed by atoms with Gasteiger partial charge in [-0.15, -0.1) is 0 Å². The molecule has 0 aromatic carbocycles. The molecule has 4 heteroatoms. The zero-order chi connectivity index (χ0) is 11.5. The second-order valence-corrected chi connectivity index (χ2v) is 5.00. The Morgan fingerprint density at radius 3 is 2.44 bits per heavy atom. The van der Waals surface area contributed by atoms with Gasteiger partial charge in [0.25, 0.3) is 0 Å². The number of hydrogen-bond donors (Lipinski definition) is 1. The number of guanidine groups is 1. The van der Waals surface area contributed by atoms with Crippen LogP contribution in [0.25, 0.3) is 0 Å². The quantitative estimate of drug-likeness (QED) is 0.572. The fraction of sp³-hybridized carbons (Fsp3) is 0.917. The van der Waals surface area contributed by atoms with Gasteiger partial charge in [-0.25, -0.2) is 4.99 Å². The molecule has 1 aliphatic carbocycles. The summed E-state index contributed by atoms with van der Waals surface area (Å²) in [4.78, 5) is 9.28. The molecule has 0 bridgehead atoms. The first-order chi connectivity index (χ1) is 7.70. The largest absolute Gasteiger partial charge is 0.370 e. The van der Waals surface area contributed by atoms with Gasteiger partial charge in [0.05, 0.1) is 6.04 Å². The maximum Gasteiger partial charge on any atom is 0.191 e. The summed E-state index contributed by atoms with van der Waals surface area (Å²) >= 11 is 0. The first kappa shape index (κ1) is 11.7. The Balaban J connectivity index is 1.80. The third-order valence-electron chi connectivity index (χ3n) is 3.71. The normalized spacial score (nSPS) is 25.9. The van der Waals surface area contributed by atoms with E-state index in [4.69, 9.17) is 5.73 Å². The molecule has 1 saturated heterocycles. The van der Waals surface area contributed by atoms with Gasteiger partial charge in [-0.2, -0.15) is 0 Å². The Kier molecular flexibility index (Phi) is 3.69. The lowest BCUT2D eigenvalue weighted by atomic mass is 10.2. The number of piperazine rings is 1. The van der Waals surface area contributed by atoms with Gasteiger partial charge in [0.1, 0.15) is 0 Å². The molecule has 1 atom stereocenters. The summed E-state index contributed by atoms with van der Waals surface area (Å²) in [7, 11) is 0. The maximum absolute atomic E-state index is 6.00. The van der Waals surface area contributed by atoms with Crippen molar-refractivity contribution in [2.45, 2.75) is 45.2 Å². The van der Waals surface area contributed by atoms with E-state index in [0.29, 0.717) is 12.1 Å². The van der Waals surface area contributed by atoms with Crippen molar-refractivity contribution in [2.75, 3.05) is 26.2 Å². The van der Waals surface area contributed by atoms with Crippen LogP contribution >= 0.6 is 0 Å². The highest BCUT2D eigenvalue weighted by Crippen LogP contribution is 2.23. The van der Waals surface area contributed by atoms with Gasteiger partial charge in [-0.1, -0.05) is 6.92 Å². The smallest absolute Gasteiger partial charge is 0.191 e. The van der Waals surface area contributed by atoms with Gasteiger partial charge in [0.2, 0.25) is 0 Å². The van der Waals surface area contributed by atoms with Crippen LogP contribution in [0.4, 0.5) is 0 Å². The Bertz CT molecular complexity index is 252. The number of hydrogen-bond acceptors (Lipinski definition) is 2. The molecule has 1 heterocycles. The van der Waals surface area contributed by atoms with Crippen LogP contribution in [0.2, 0.25) is 0 Å². The van der Waals surface area contributed by atoms with E-state index >= 15 is 0 Å². The standard InChI is InChI=1S/C12H24N4/c1-3-10(2)15-6-8-16(9-7-15)12(13)14-11-4-5-11/h10-11H,3-9H2,1-2H3,(H2,13,14). The molecule has 2 aliphatic rings. The van der Waals surface area contributed by atoms with Crippen molar-refractivity contribution in [1.29, 1.82) is 0 Å². The zero-order valence-electron chi connectivity index (χ0n) is 10.5. The van der Waals surface area contributed by atoms with Crippen LogP contribution in [0.1, 0.15) is 33.1 Å². The van der Waals surface area contributed by atoms with Gasteiger partial charge < -0.3 is 10.6 Å². The van der Waals surface area contributed by atoms with E-state index in [2.05, 4.69) is 28.6 Å². The summed E-state index contributed by atoms with van der Waals surface area (Å²) in [6, 6.07) is 1.23. The van der Waals surface area contributed by atoms with Crippen LogP contribution in [0.5, 0.6) is 0 Å². The van der Waals surface area contributed by atoms with Crippen LogP contribution < -0.4 is 5.73 Å². The van der Waals surface area contributed by atoms with Gasteiger partial charge >= 0.3 is 0 Å². The lowest BCUT2D eigenvalue weighted by Gasteiger charge is -2.38. The number of rotatable bonds is 3. The van der Waals surface area contributed by atoms with Crippen molar-refractivity contribution in [3.05, 3.63) is 0 Å². The highest BCUT2D eigenvalue weighted by molar-refractivity contribution is 5.78. The molecule has 2 N–H and O–H groups in total. The number of nitrogens with zero attached hydrogens (tertiary/aromatic N) is 3. The molecule has 2 fully saturated rings. The van der Waals surface area contributed by atoms with E-state index in [9.17, 15) is 0 Å². The zero-order valence-corrected chi connectivity index (χ0v) is 10.5. The van der Waals surface area contributed by atoms with E-state index in [1.54, 1.807) is 0 Å². The molecule has 0 aromatic heterocycles. The predicted octanol–water partition coefficient (Wildman–Crippen LogP) is 0.880. The van der Waals surface area contributed by atoms with Crippen molar-refractivity contribution < 1.29 is 0 Å². The van der Waals surface area contributed by atoms with Crippen molar-refractivity contribution in [2.24, 2.45) is 10.7 Å². The lowest BCUT2D eigenvalue weighted by Crippen LogP contribution is -2.53. The van der Waals surface area contributed by atoms with E-state index in [0.717, 1.165) is 32.1 Å². The minimum Gasteiger partial charge on any atom is -0.370 e. The summed E-state index contributed by atoms with van der Waals surface area (Å²) < 4.78 is 0. The topological polar surface area (TPSA) is 44.9 Å². The van der Waals surface area contributed by atoms with Crippen molar-refractivity contribution in [3.63, 3.8) is 0 Å². The van der Waals surface area contributed by atoms with E-state index < -0.39 is 0 Å². The summed E-state index contributed by atoms with van der Waals surface area (Å²) in [6.45, 7) is 8.86. The van der Waals surface area contributed by atoms with Gasteiger partial charge in [-0.05, 0) is 26.2 Å². The first-order valence-electron chi connectivity index (χ1n) is 6.53. The van der Waals surface area contributed by atoms with Gasteiger partial charge in [0, 0.05) is 32.2 Å². The second-order valence-electron chi connectivity index (χ2n) is 5.00. The van der Waals surface area contributed by atoms with Crippen LogP contribution in [-0.2, 0) is 0 Å². The van der Waals surface area contributed by atoms with Gasteiger partial charge in [-0.3, -0.25) is 4.90 Å². The van der Waals surface area contributed by atoms with Crippen LogP contribution in [0.3, 0.4) is 0 Å². The van der Waals surface area contributed by atoms with Gasteiger partial charge in [0.15, 0.2) is 5.96 Å². The summed E-state index contributed by atoms with van der Waals surface area (Å²) in [5.74, 6) is 0.770. The molecule has 1 saturated carbocycles. The molecule has 1 unspecified atom stereocenters. The molecule has 92 valence electrons. The Morgan fingerprint density at radius 1 is 1.31 bits per heavy atom. The Hall–Kier alpha value is -0.770. The molecule has 16 heavy (non-hydrogen) atoms. The van der Waals surface area contributed by atoms with E-state index in [1.165, 1.54) is 19.3 Å². The molecular weight excluding hydrogens is 200 g/mol. The average Bonchev–Trinajstić information content (AvgIpc) is 3.12. The van der Waals surface area contributed by atoms with Crippen molar-refractivity contribution in [3.8, 4) is 0 Å². The average molecular weight is 224 g/mol. The lowest BCUT2D eigenvalue weighted by molar-refractivity contribution is 0.137. The fourth-order valence-corrected chi connectivity index (χ4v) is 2.12. The van der Waals surface area contributed by atoms with Crippen LogP contribution in [0, 0.1) is 0 Å². The minimum atomic E-state index is 0.535. The van der Waals surface area contributed by atoms with Crippen LogP contribution in [0.15, 0.2) is 4.99 Å². The Morgan fingerprint density at radius 2 is 1.94 bits per heavy atom. The maximum atomic E-state index is 6.00. The molecule has 0 spiro atoms. The minimum absolute atomic E-state index is 0.535. The van der Waals surface area contributed by atoms with Crippen molar-refractivity contribution in [1.82, 2.24) is 9.80 Å². The first-order valence-corrected chi connectivity index (χ1v) is 6.53. The monoisotopic (exact) mass is 224 g/mol. The van der Waals surface area contributed by atoms with E-state index in [1.807, 2.05) is 0 Å². The van der Waals surface area contributed by atoms with E-state index in [-0.39, 0.29) is 0 Å². The number of aliphatic imine (C=N–C) groups is 1. The third kappa shape index (κ3) is 2.88. The molecule has 2 rings (SSSR count). The molecule has 0 radical (unpaired) electrons. The summed E-state index contributed by atoms with van der Waals surface area (Å²) in [5.41, 5.74) is 6.00. The SMILES string of the molecule is CCC(C)N1CCN(C(N)=NC2CC2)CC1. The third-order valence-corrected chi connectivity index (χ3v) is 3.71. The summed E-state index contributed by atoms with van der Waals surface area (Å²) in [6.07, 6.45) is 3.69. The molecule has 0 aromatic rings. The summed E-state index contributed by atoms with van der Waals surface area (Å²) in [5, 5.41) is 0. The molecule has 1 aliphatic heterocycles. The van der Waals surface area contributed by atoms with Crippen molar-refractivity contribution >= 4 is 5.96 Å². The molecule has 4 nitrogen and oxygen atoms in total. The second kappa shape index (κ2) is 5.04. The van der Waals surface area contributed by atoms with Crippen LogP contribution in [-0.4, -0.2) is 54.0 Å². The predicted molar refractivity (Wildman–Crippen MR) is 67.5 cm³/mol. The molecular formula is C12H24N4. The highest BCUT2D eigenvalue weighted by atomic mass is 15.3. The Labute approximate surface area is 98.5 Å². The number of nitrogens with two attached hydrogens (primary N) is 1.